The van der Waals surface area contributed by atoms with Crippen LogP contribution in [0.2, 0.25) is 0 Å². The lowest BCUT2D eigenvalue weighted by molar-refractivity contribution is -0.120. The molecule has 1 aliphatic heterocycles. The number of nitrogens with one attached hydrogen (secondary N) is 1. The van der Waals surface area contributed by atoms with Gasteiger partial charge >= 0.3 is 5.97 Å². The maximum atomic E-state index is 15.5. The number of aromatic carboxylic acids is 1. The Morgan fingerprint density at radius 3 is 2.50 bits per heavy atom. The number of halogens is 1. The van der Waals surface area contributed by atoms with Gasteiger partial charge in [0, 0.05) is 43.7 Å². The Morgan fingerprint density at radius 2 is 1.97 bits per heavy atom. The first-order valence-corrected chi connectivity index (χ1v) is 10.8. The van der Waals surface area contributed by atoms with E-state index in [1.54, 1.807) is 4.57 Å². The summed E-state index contributed by atoms with van der Waals surface area (Å²) in [7, 11) is 1.43. The number of carbonyl (C=O) groups is 2. The number of methoxy groups -OCH3 is 1. The van der Waals surface area contributed by atoms with E-state index in [-0.39, 0.29) is 45.8 Å². The van der Waals surface area contributed by atoms with Crippen LogP contribution in [0.25, 0.3) is 10.9 Å². The maximum Gasteiger partial charge on any atom is 0.341 e. The van der Waals surface area contributed by atoms with Crippen LogP contribution >= 0.6 is 0 Å². The topological polar surface area (TPSA) is 101 Å². The molecule has 1 aromatic carbocycles. The summed E-state index contributed by atoms with van der Waals surface area (Å²) in [5.41, 5.74) is -0.761. The van der Waals surface area contributed by atoms with E-state index in [4.69, 9.17) is 4.74 Å². The molecule has 1 unspecified atom stereocenters. The Balaban J connectivity index is 1.88. The number of carboxylic acid groups (broad SMARTS) is 1. The molecule has 1 aliphatic carbocycles. The molecule has 0 radical (unpaired) electrons. The van der Waals surface area contributed by atoms with Gasteiger partial charge in [-0.15, -0.1) is 0 Å². The van der Waals surface area contributed by atoms with Crippen LogP contribution in [0.15, 0.2) is 17.1 Å². The van der Waals surface area contributed by atoms with Crippen LogP contribution in [0.4, 0.5) is 10.1 Å². The summed E-state index contributed by atoms with van der Waals surface area (Å²) >= 11 is 0. The third-order valence-corrected chi connectivity index (χ3v) is 6.50. The number of fused-ring (bicyclic) bond motifs is 1. The molecule has 4 rings (SSSR count). The van der Waals surface area contributed by atoms with E-state index in [1.165, 1.54) is 20.2 Å². The molecule has 0 bridgehead atoms. The lowest BCUT2D eigenvalue weighted by Crippen LogP contribution is -2.55. The highest BCUT2D eigenvalue weighted by Gasteiger charge is 2.39. The average Bonchev–Trinajstić information content (AvgIpc) is 3.53. The van der Waals surface area contributed by atoms with Crippen LogP contribution in [-0.2, 0) is 4.79 Å². The summed E-state index contributed by atoms with van der Waals surface area (Å²) in [6.45, 7) is 6.48. The van der Waals surface area contributed by atoms with Crippen LogP contribution < -0.4 is 20.4 Å². The van der Waals surface area contributed by atoms with Gasteiger partial charge in [-0.05, 0) is 25.3 Å². The zero-order chi connectivity index (χ0) is 23.4. The molecule has 9 heteroatoms. The highest BCUT2D eigenvalue weighted by Crippen LogP contribution is 2.45. The molecule has 1 atom stereocenters. The Bertz CT molecular complexity index is 1170. The second-order valence-electron chi connectivity index (χ2n) is 9.40. The average molecular weight is 445 g/mol. The minimum atomic E-state index is -1.34. The number of ether oxygens (including phenoxy) is 1. The van der Waals surface area contributed by atoms with Gasteiger partial charge in [0.2, 0.25) is 11.3 Å². The first-order valence-electron chi connectivity index (χ1n) is 10.8. The minimum absolute atomic E-state index is 0.00212. The Morgan fingerprint density at radius 1 is 1.28 bits per heavy atom. The van der Waals surface area contributed by atoms with E-state index in [1.807, 2.05) is 18.7 Å². The lowest BCUT2D eigenvalue weighted by Gasteiger charge is -2.45. The fourth-order valence-electron chi connectivity index (χ4n) is 4.78. The van der Waals surface area contributed by atoms with Crippen LogP contribution in [0.3, 0.4) is 0 Å². The summed E-state index contributed by atoms with van der Waals surface area (Å²) in [5, 5.41) is 12.5. The third-order valence-electron chi connectivity index (χ3n) is 6.50. The molecule has 172 valence electrons. The van der Waals surface area contributed by atoms with Crippen molar-refractivity contribution in [2.45, 2.75) is 52.1 Å². The normalized spacial score (nSPS) is 20.3. The highest BCUT2D eigenvalue weighted by atomic mass is 19.1. The largest absolute Gasteiger partial charge is 0.492 e. The number of carboxylic acids is 1. The first-order chi connectivity index (χ1) is 15.0. The van der Waals surface area contributed by atoms with E-state index in [0.717, 1.165) is 18.9 Å². The Labute approximate surface area is 185 Å². The van der Waals surface area contributed by atoms with Crippen LogP contribution in [0, 0.1) is 11.2 Å². The number of carbonyl (C=O) groups excluding carboxylic acids is 1. The van der Waals surface area contributed by atoms with Crippen LogP contribution in [-0.4, -0.2) is 47.8 Å². The van der Waals surface area contributed by atoms with Crippen molar-refractivity contribution >= 4 is 28.5 Å². The number of piperidine rings is 1. The maximum absolute atomic E-state index is 15.5. The molecule has 1 amide bonds. The van der Waals surface area contributed by atoms with Crippen molar-refractivity contribution in [1.82, 2.24) is 9.88 Å². The summed E-state index contributed by atoms with van der Waals surface area (Å²) < 4.78 is 22.9. The molecule has 1 aromatic heterocycles. The van der Waals surface area contributed by atoms with Crippen molar-refractivity contribution in [2.24, 2.45) is 5.41 Å². The molecular weight excluding hydrogens is 417 g/mol. The number of benzene rings is 1. The molecule has 1 saturated carbocycles. The smallest absolute Gasteiger partial charge is 0.341 e. The number of pyridine rings is 1. The third kappa shape index (κ3) is 3.69. The Hall–Kier alpha value is -3.10. The second-order valence-corrected chi connectivity index (χ2v) is 9.40. The summed E-state index contributed by atoms with van der Waals surface area (Å²) in [4.78, 5) is 37.9. The van der Waals surface area contributed by atoms with Gasteiger partial charge < -0.3 is 24.6 Å². The predicted molar refractivity (Wildman–Crippen MR) is 118 cm³/mol. The van der Waals surface area contributed by atoms with Crippen LogP contribution in [0.1, 0.15) is 56.4 Å². The number of hydrogen-bond acceptors (Lipinski definition) is 5. The van der Waals surface area contributed by atoms with E-state index >= 15 is 4.39 Å². The fourth-order valence-corrected chi connectivity index (χ4v) is 4.78. The second kappa shape index (κ2) is 7.79. The highest BCUT2D eigenvalue weighted by molar-refractivity contribution is 5.97. The van der Waals surface area contributed by atoms with E-state index < -0.39 is 17.2 Å². The number of rotatable bonds is 5. The molecule has 2 heterocycles. The van der Waals surface area contributed by atoms with Gasteiger partial charge in [-0.1, -0.05) is 13.8 Å². The quantitative estimate of drug-likeness (QED) is 0.734. The van der Waals surface area contributed by atoms with Crippen molar-refractivity contribution in [1.29, 1.82) is 0 Å². The van der Waals surface area contributed by atoms with Gasteiger partial charge in [-0.3, -0.25) is 9.59 Å². The molecule has 0 spiro atoms. The van der Waals surface area contributed by atoms with Crippen molar-refractivity contribution in [2.75, 3.05) is 25.1 Å². The molecule has 32 heavy (non-hydrogen) atoms. The number of hydrogen-bond donors (Lipinski definition) is 2. The number of aromatic nitrogens is 1. The van der Waals surface area contributed by atoms with Gasteiger partial charge in [-0.25, -0.2) is 9.18 Å². The van der Waals surface area contributed by atoms with Crippen molar-refractivity contribution in [3.8, 4) is 5.75 Å². The van der Waals surface area contributed by atoms with Gasteiger partial charge in [0.1, 0.15) is 11.3 Å². The minimum Gasteiger partial charge on any atom is -0.492 e. The van der Waals surface area contributed by atoms with Crippen LogP contribution in [0.5, 0.6) is 5.75 Å². The molecule has 2 aliphatic rings. The monoisotopic (exact) mass is 445 g/mol. The standard InChI is InChI=1S/C23H28FN3O5/c1-12(28)25-17-7-8-26(11-23(17,2)3)19-16(24)9-14-18(21(19)32-4)27(13-5-6-13)10-15(20(14)29)22(30)31/h9-10,13,17H,5-8,11H2,1-4H3,(H,25,28)(H,30,31). The SMILES string of the molecule is COc1c(N2CCC(NC(C)=O)C(C)(C)C2)c(F)cc2c(=O)c(C(=O)O)cn(C3CC3)c12. The summed E-state index contributed by atoms with van der Waals surface area (Å²) in [6, 6.07) is 1.13. The van der Waals surface area contributed by atoms with Crippen molar-refractivity contribution in [3.63, 3.8) is 0 Å². The Kier molecular flexibility index (Phi) is 5.38. The number of anilines is 1. The molecular formula is C23H28FN3O5. The number of amides is 1. The fraction of sp³-hybridized carbons (Fsp3) is 0.522. The van der Waals surface area contributed by atoms with Gasteiger partial charge in [0.05, 0.1) is 18.0 Å². The van der Waals surface area contributed by atoms with Crippen molar-refractivity contribution < 1.29 is 23.8 Å². The van der Waals surface area contributed by atoms with E-state index in [0.29, 0.717) is 25.0 Å². The summed E-state index contributed by atoms with van der Waals surface area (Å²) in [5.74, 6) is -1.84. The van der Waals surface area contributed by atoms with E-state index in [2.05, 4.69) is 5.32 Å². The summed E-state index contributed by atoms with van der Waals surface area (Å²) in [6.07, 6.45) is 3.67. The molecule has 8 nitrogen and oxygen atoms in total. The zero-order valence-corrected chi connectivity index (χ0v) is 18.7. The molecule has 2 aromatic rings. The zero-order valence-electron chi connectivity index (χ0n) is 18.7. The first kappa shape index (κ1) is 22.1. The molecule has 2 fully saturated rings. The predicted octanol–water partition coefficient (Wildman–Crippen LogP) is 2.92. The van der Waals surface area contributed by atoms with Gasteiger partial charge in [-0.2, -0.15) is 0 Å². The number of nitrogens with zero attached hydrogens (tertiary/aromatic N) is 2. The van der Waals surface area contributed by atoms with Gasteiger partial charge in [0.25, 0.3) is 0 Å². The van der Waals surface area contributed by atoms with Gasteiger partial charge in [0.15, 0.2) is 11.6 Å². The van der Waals surface area contributed by atoms with Crippen molar-refractivity contribution in [3.05, 3.63) is 33.9 Å². The molecule has 2 N–H and O–H groups in total. The lowest BCUT2D eigenvalue weighted by atomic mass is 9.78. The van der Waals surface area contributed by atoms with E-state index in [9.17, 15) is 19.5 Å². The molecule has 1 saturated heterocycles.